The summed E-state index contributed by atoms with van der Waals surface area (Å²) in [5.41, 5.74) is 1.79. The fourth-order valence-electron chi connectivity index (χ4n) is 3.98. The Balaban J connectivity index is 0. The summed E-state index contributed by atoms with van der Waals surface area (Å²) >= 11 is 10.9. The van der Waals surface area contributed by atoms with E-state index in [9.17, 15) is 8.42 Å². The van der Waals surface area contributed by atoms with Crippen LogP contribution in [-0.2, 0) is 9.05 Å². The lowest BCUT2D eigenvalue weighted by Gasteiger charge is -2.43. The van der Waals surface area contributed by atoms with Crippen molar-refractivity contribution in [3.63, 3.8) is 0 Å². The Morgan fingerprint density at radius 1 is 0.674 bits per heavy atom. The molecule has 0 amide bonds. The second kappa shape index (κ2) is 24.5. The number of nitrogens with zero attached hydrogens (tertiary/aromatic N) is 4. The molecule has 2 heterocycles. The van der Waals surface area contributed by atoms with Gasteiger partial charge in [-0.05, 0) is 41.6 Å². The molecule has 0 fully saturated rings. The zero-order valence-corrected chi connectivity index (χ0v) is 29.3. The number of rotatable bonds is 11. The van der Waals surface area contributed by atoms with Crippen LogP contribution in [0, 0.1) is 0 Å². The van der Waals surface area contributed by atoms with Crippen LogP contribution in [0.25, 0.3) is 0 Å². The molecular formula is C14H19B21Cl3N4O3S. The molecule has 0 saturated heterocycles. The summed E-state index contributed by atoms with van der Waals surface area (Å²) in [5.74, 6) is 0.470. The monoisotopic (exact) mass is 659 g/mol. The molecule has 2 aromatic rings. The summed E-state index contributed by atoms with van der Waals surface area (Å²) in [6.07, 6.45) is 0.117. The molecule has 2 aromatic heterocycles. The quantitative estimate of drug-likeness (QED) is 0.148. The second-order valence-corrected chi connectivity index (χ2v) is 14.2. The number of hydrogen-bond acceptors (Lipinski definition) is 7. The average Bonchev–Trinajstić information content (AvgIpc) is 2.88. The Kier molecular flexibility index (Phi) is 25.7. The Hall–Kier alpha value is 0.304. The molecule has 23 radical (unpaired) electrons. The van der Waals surface area contributed by atoms with Crippen LogP contribution in [0.15, 0.2) is 24.8 Å². The molecule has 1 N–H and O–H groups in total. The minimum absolute atomic E-state index is 0.199. The molecule has 0 saturated carbocycles. The van der Waals surface area contributed by atoms with Gasteiger partial charge in [0.2, 0.25) is 19.6 Å². The highest BCUT2D eigenvalue weighted by molar-refractivity contribution is 8.20. The van der Waals surface area contributed by atoms with Gasteiger partial charge in [0, 0.05) is 191 Å². The minimum Gasteiger partial charge on any atom is -0.389 e. The van der Waals surface area contributed by atoms with Crippen LogP contribution < -0.4 is 0 Å². The number of hydrogen-bond donors (Lipinski definition) is 1. The summed E-state index contributed by atoms with van der Waals surface area (Å²) in [7, 11) is 66.1. The van der Waals surface area contributed by atoms with E-state index in [4.69, 9.17) is 113 Å². The topological polar surface area (TPSA) is 106 Å². The van der Waals surface area contributed by atoms with E-state index in [0.717, 1.165) is 11.8 Å². The highest BCUT2D eigenvalue weighted by Crippen LogP contribution is 2.12. The van der Waals surface area contributed by atoms with Crippen LogP contribution in [0.3, 0.4) is 0 Å². The summed E-state index contributed by atoms with van der Waals surface area (Å²) in [6, 6.07) is 0. The predicted octanol–water partition coefficient (Wildman–Crippen LogP) is -4.38. The third-order valence-electron chi connectivity index (χ3n) is 6.21. The predicted molar refractivity (Wildman–Crippen MR) is 220 cm³/mol. The summed E-state index contributed by atoms with van der Waals surface area (Å²) in [4.78, 5) is 15.1. The van der Waals surface area contributed by atoms with Crippen molar-refractivity contribution in [1.82, 2.24) is 19.9 Å². The van der Waals surface area contributed by atoms with Crippen molar-refractivity contribution in [2.24, 2.45) is 0 Å². The lowest BCUT2D eigenvalue weighted by Crippen LogP contribution is -2.81. The standard InChI is InChI=1S/C7H9ClN2.C6H7ClN2O.CH3ClO2S.B21/c1-5(2)6-3-9-7(8)10-4-6;1-4(10)5-2-8-6(7)9-3-5;1-5(2,3)4;1-12-18(13(2)3)21(19(14(4)5)15(6)7)20(16(8)9)17(10)11/h3-5H,1-2H3;2-4,10H,1H3;1H3;. The third-order valence-corrected chi connectivity index (χ3v) is 6.60. The van der Waals surface area contributed by atoms with E-state index < -0.39 is 72.6 Å². The molecule has 32 heteroatoms. The van der Waals surface area contributed by atoms with E-state index in [1.54, 1.807) is 19.3 Å². The van der Waals surface area contributed by atoms with Gasteiger partial charge in [-0.1, -0.05) is 13.8 Å². The molecule has 46 heavy (non-hydrogen) atoms. The van der Waals surface area contributed by atoms with Crippen LogP contribution in [0.4, 0.5) is 0 Å². The molecule has 0 aromatic carbocycles. The van der Waals surface area contributed by atoms with Crippen LogP contribution in [-0.4, -0.2) is 189 Å². The summed E-state index contributed by atoms with van der Waals surface area (Å²) in [6.45, 7) is 5.83. The van der Waals surface area contributed by atoms with E-state index >= 15 is 0 Å². The van der Waals surface area contributed by atoms with Crippen molar-refractivity contribution in [3.8, 4) is 0 Å². The van der Waals surface area contributed by atoms with E-state index in [-0.39, 0.29) is 5.28 Å². The fraction of sp³-hybridized carbons (Fsp3) is 0.429. The normalized spacial score (nSPS) is 10.5. The molecule has 0 aliphatic heterocycles. The third kappa shape index (κ3) is 21.4. The minimum atomic E-state index is -3.19. The zero-order valence-electron chi connectivity index (χ0n) is 26.2. The largest absolute Gasteiger partial charge is 0.389 e. The van der Waals surface area contributed by atoms with Gasteiger partial charge in [0.1, 0.15) is 0 Å². The molecular weight excluding hydrogens is 638 g/mol. The molecule has 1 unspecified atom stereocenters. The van der Waals surface area contributed by atoms with Crippen LogP contribution in [0.2, 0.25) is 10.6 Å². The van der Waals surface area contributed by atoms with Crippen molar-refractivity contribution in [1.29, 1.82) is 0 Å². The average molecular weight is 657 g/mol. The summed E-state index contributed by atoms with van der Waals surface area (Å²) < 4.78 is 18.8. The lowest BCUT2D eigenvalue weighted by molar-refractivity contribution is 0.198. The maximum Gasteiger partial charge on any atom is 0.229 e. The first-order valence-corrected chi connectivity index (χ1v) is 17.1. The Bertz CT molecular complexity index is 1100. The molecule has 203 valence electrons. The van der Waals surface area contributed by atoms with Gasteiger partial charge in [-0.15, -0.1) is 0 Å². The van der Waals surface area contributed by atoms with Gasteiger partial charge in [-0.25, -0.2) is 28.4 Å². The van der Waals surface area contributed by atoms with Crippen molar-refractivity contribution < 1.29 is 13.5 Å². The fourth-order valence-corrected chi connectivity index (χ4v) is 4.18. The maximum absolute atomic E-state index is 9.40. The van der Waals surface area contributed by atoms with Crippen molar-refractivity contribution >= 4 is 193 Å². The van der Waals surface area contributed by atoms with Gasteiger partial charge in [-0.3, -0.25) is 0 Å². The van der Waals surface area contributed by atoms with E-state index in [1.165, 1.54) is 19.5 Å². The van der Waals surface area contributed by atoms with Crippen molar-refractivity contribution in [2.45, 2.75) is 32.8 Å². The first-order valence-electron chi connectivity index (χ1n) is 13.6. The van der Waals surface area contributed by atoms with Crippen molar-refractivity contribution in [3.05, 3.63) is 46.5 Å². The van der Waals surface area contributed by atoms with Crippen LogP contribution >= 0.6 is 33.9 Å². The van der Waals surface area contributed by atoms with E-state index in [0.29, 0.717) is 16.8 Å². The molecule has 0 bridgehead atoms. The Morgan fingerprint density at radius 2 is 0.957 bits per heavy atom. The van der Waals surface area contributed by atoms with E-state index in [2.05, 4.69) is 44.5 Å². The van der Waals surface area contributed by atoms with Crippen LogP contribution in [0.5, 0.6) is 0 Å². The second-order valence-electron chi connectivity index (χ2n) is 10.5. The van der Waals surface area contributed by atoms with Crippen molar-refractivity contribution in [2.75, 3.05) is 6.26 Å². The molecule has 7 nitrogen and oxygen atoms in total. The van der Waals surface area contributed by atoms with Gasteiger partial charge in [0.15, 0.2) is 0 Å². The van der Waals surface area contributed by atoms with Gasteiger partial charge in [0.05, 0.1) is 12.4 Å². The van der Waals surface area contributed by atoms with Gasteiger partial charge in [0.25, 0.3) is 0 Å². The molecule has 2 rings (SSSR count). The smallest absolute Gasteiger partial charge is 0.229 e. The number of aliphatic hydroxyl groups excluding tert-OH is 1. The highest BCUT2D eigenvalue weighted by Gasteiger charge is 2.45. The van der Waals surface area contributed by atoms with Gasteiger partial charge < -0.3 is 5.11 Å². The SMILES string of the molecule is CC(C)c1cnc(Cl)nc1.CC(O)c1cnc(Cl)nc1.CS(=O)(=O)Cl.[B][B]B(B([B])[B])B(B(B([B])[B])B([B])[B])B(B([B])[B])B([B])[B]. The lowest BCUT2D eigenvalue weighted by atomic mass is 8.38. The zero-order chi connectivity index (χ0) is 36.5. The van der Waals surface area contributed by atoms with Gasteiger partial charge >= 0.3 is 0 Å². The first-order chi connectivity index (χ1) is 21.0. The molecule has 0 aliphatic rings. The number of aliphatic hydroxyl groups is 1. The number of halogens is 3. The number of aromatic nitrogens is 4. The molecule has 0 spiro atoms. The Labute approximate surface area is 309 Å². The molecule has 0 aliphatic carbocycles. The first kappa shape index (κ1) is 48.4. The maximum atomic E-state index is 9.40. The van der Waals surface area contributed by atoms with E-state index in [1.807, 2.05) is 0 Å². The highest BCUT2D eigenvalue weighted by atomic mass is 35.7. The molecule has 1 atom stereocenters. The summed E-state index contributed by atoms with van der Waals surface area (Å²) in [5, 5.41) is 9.50. The van der Waals surface area contributed by atoms with Crippen LogP contribution in [0.1, 0.15) is 43.9 Å². The Morgan fingerprint density at radius 3 is 1.15 bits per heavy atom. The van der Waals surface area contributed by atoms with Gasteiger partial charge in [-0.2, -0.15) is 0 Å².